The van der Waals surface area contributed by atoms with Crippen molar-refractivity contribution in [3.8, 4) is 5.75 Å². The average Bonchev–Trinajstić information content (AvgIpc) is 3.18. The van der Waals surface area contributed by atoms with Gasteiger partial charge in [-0.1, -0.05) is 54.1 Å². The molecule has 1 aromatic heterocycles. The van der Waals surface area contributed by atoms with Gasteiger partial charge in [0.15, 0.2) is 0 Å². The Kier molecular flexibility index (Phi) is 7.24. The van der Waals surface area contributed by atoms with Crippen molar-refractivity contribution >= 4 is 29.1 Å². The zero-order valence-electron chi connectivity index (χ0n) is 20.7. The summed E-state index contributed by atoms with van der Waals surface area (Å²) in [5.41, 5.74) is 4.01. The number of amides is 1. The summed E-state index contributed by atoms with van der Waals surface area (Å²) in [4.78, 5) is 32.0. The van der Waals surface area contributed by atoms with E-state index in [0.717, 1.165) is 16.7 Å². The van der Waals surface area contributed by atoms with Gasteiger partial charge >= 0.3 is 0 Å². The molecule has 6 nitrogen and oxygen atoms in total. The second-order valence-corrected chi connectivity index (χ2v) is 9.52. The number of benzene rings is 3. The lowest BCUT2D eigenvalue weighted by atomic mass is 9.95. The molecule has 0 aliphatic carbocycles. The lowest BCUT2D eigenvalue weighted by Crippen LogP contribution is -2.29. The molecule has 1 N–H and O–H groups in total. The van der Waals surface area contributed by atoms with Gasteiger partial charge in [0.2, 0.25) is 0 Å². The lowest BCUT2D eigenvalue weighted by Gasteiger charge is -2.25. The van der Waals surface area contributed by atoms with Crippen LogP contribution in [0.15, 0.2) is 103 Å². The van der Waals surface area contributed by atoms with Gasteiger partial charge in [-0.05, 0) is 71.6 Å². The Morgan fingerprint density at radius 2 is 1.79 bits per heavy atom. The Morgan fingerprint density at radius 1 is 1.00 bits per heavy atom. The van der Waals surface area contributed by atoms with E-state index in [4.69, 9.17) is 16.3 Å². The standard InChI is InChI=1S/C31H25ClN2O4/c1-20-6-2-3-8-24(20)19-38-26-13-11-22(12-14-26)29(35)27-28(23-9-4-10-25(32)16-23)34(31(37)30(27)36)18-21-7-5-15-33-17-21/h2-17,28,35H,18-19H2,1H3/b29-27+. The molecule has 1 aliphatic heterocycles. The summed E-state index contributed by atoms with van der Waals surface area (Å²) >= 11 is 6.26. The number of hydrogen-bond donors (Lipinski definition) is 1. The van der Waals surface area contributed by atoms with Crippen LogP contribution in [0.2, 0.25) is 5.02 Å². The summed E-state index contributed by atoms with van der Waals surface area (Å²) in [6.45, 7) is 2.59. The van der Waals surface area contributed by atoms with Gasteiger partial charge in [-0.15, -0.1) is 0 Å². The summed E-state index contributed by atoms with van der Waals surface area (Å²) in [5, 5.41) is 11.8. The molecular weight excluding hydrogens is 500 g/mol. The Bertz CT molecular complexity index is 1520. The molecule has 1 aliphatic rings. The van der Waals surface area contributed by atoms with Crippen LogP contribution >= 0.6 is 11.6 Å². The minimum Gasteiger partial charge on any atom is -0.507 e. The zero-order valence-corrected chi connectivity index (χ0v) is 21.4. The molecule has 0 bridgehead atoms. The number of likely N-dealkylation sites (tertiary alicyclic amines) is 1. The number of carbonyl (C=O) groups excluding carboxylic acids is 2. The van der Waals surface area contributed by atoms with Crippen LogP contribution in [0, 0.1) is 6.92 Å². The van der Waals surface area contributed by atoms with Gasteiger partial charge in [0.05, 0.1) is 11.6 Å². The molecule has 1 fully saturated rings. The number of aliphatic hydroxyl groups is 1. The first-order valence-corrected chi connectivity index (χ1v) is 12.5. The summed E-state index contributed by atoms with van der Waals surface area (Å²) < 4.78 is 5.91. The Balaban J connectivity index is 1.48. The van der Waals surface area contributed by atoms with Crippen LogP contribution in [0.5, 0.6) is 5.75 Å². The molecule has 190 valence electrons. The van der Waals surface area contributed by atoms with Crippen LogP contribution in [0.4, 0.5) is 0 Å². The van der Waals surface area contributed by atoms with E-state index in [2.05, 4.69) is 4.98 Å². The van der Waals surface area contributed by atoms with E-state index in [1.54, 1.807) is 67.0 Å². The van der Waals surface area contributed by atoms with Gasteiger partial charge in [0.1, 0.15) is 18.1 Å². The minimum atomic E-state index is -0.814. The number of aryl methyl sites for hydroxylation is 1. The number of pyridine rings is 1. The maximum absolute atomic E-state index is 13.3. The van der Waals surface area contributed by atoms with Gasteiger partial charge in [-0.2, -0.15) is 0 Å². The molecule has 1 atom stereocenters. The highest BCUT2D eigenvalue weighted by Gasteiger charge is 2.46. The Morgan fingerprint density at radius 3 is 2.50 bits per heavy atom. The van der Waals surface area contributed by atoms with E-state index < -0.39 is 17.7 Å². The van der Waals surface area contributed by atoms with Crippen LogP contribution in [0.3, 0.4) is 0 Å². The summed E-state index contributed by atoms with van der Waals surface area (Å²) in [5.74, 6) is -1.09. The van der Waals surface area contributed by atoms with Gasteiger partial charge in [-0.3, -0.25) is 14.6 Å². The van der Waals surface area contributed by atoms with E-state index in [-0.39, 0.29) is 17.9 Å². The van der Waals surface area contributed by atoms with Crippen molar-refractivity contribution in [2.45, 2.75) is 26.1 Å². The second kappa shape index (κ2) is 10.9. The van der Waals surface area contributed by atoms with Crippen molar-refractivity contribution in [3.05, 3.63) is 136 Å². The molecule has 3 aromatic carbocycles. The van der Waals surface area contributed by atoms with E-state index in [9.17, 15) is 14.7 Å². The second-order valence-electron chi connectivity index (χ2n) is 9.08. The third kappa shape index (κ3) is 5.17. The van der Waals surface area contributed by atoms with Crippen molar-refractivity contribution in [1.82, 2.24) is 9.88 Å². The van der Waals surface area contributed by atoms with Crippen molar-refractivity contribution in [3.63, 3.8) is 0 Å². The van der Waals surface area contributed by atoms with Crippen molar-refractivity contribution < 1.29 is 19.4 Å². The average molecular weight is 525 g/mol. The van der Waals surface area contributed by atoms with Crippen molar-refractivity contribution in [2.75, 3.05) is 0 Å². The van der Waals surface area contributed by atoms with Crippen LogP contribution in [0.1, 0.15) is 33.9 Å². The number of nitrogens with zero attached hydrogens (tertiary/aromatic N) is 2. The monoisotopic (exact) mass is 524 g/mol. The quantitative estimate of drug-likeness (QED) is 0.176. The normalized spacial score (nSPS) is 16.6. The number of hydrogen-bond acceptors (Lipinski definition) is 5. The number of halogens is 1. The number of Topliss-reactive ketones (excluding diaryl/α,β-unsaturated/α-hetero) is 1. The van der Waals surface area contributed by atoms with E-state index in [1.807, 2.05) is 37.3 Å². The van der Waals surface area contributed by atoms with Crippen molar-refractivity contribution in [1.29, 1.82) is 0 Å². The zero-order chi connectivity index (χ0) is 26.6. The van der Waals surface area contributed by atoms with Gasteiger partial charge in [0.25, 0.3) is 11.7 Å². The maximum atomic E-state index is 13.3. The summed E-state index contributed by atoms with van der Waals surface area (Å²) in [6, 6.07) is 24.5. The highest BCUT2D eigenvalue weighted by atomic mass is 35.5. The summed E-state index contributed by atoms with van der Waals surface area (Å²) in [6.07, 6.45) is 3.28. The molecular formula is C31H25ClN2O4. The smallest absolute Gasteiger partial charge is 0.295 e. The fourth-order valence-corrected chi connectivity index (χ4v) is 4.75. The Hall–Kier alpha value is -4.42. The molecule has 1 saturated heterocycles. The molecule has 1 unspecified atom stereocenters. The van der Waals surface area contributed by atoms with Gasteiger partial charge < -0.3 is 14.7 Å². The first-order valence-electron chi connectivity index (χ1n) is 12.1. The van der Waals surface area contributed by atoms with Crippen LogP contribution in [-0.4, -0.2) is 26.7 Å². The molecule has 1 amide bonds. The molecule has 0 spiro atoms. The van der Waals surface area contributed by atoms with Crippen molar-refractivity contribution in [2.24, 2.45) is 0 Å². The molecule has 2 heterocycles. The van der Waals surface area contributed by atoms with E-state index in [0.29, 0.717) is 28.5 Å². The van der Waals surface area contributed by atoms with E-state index in [1.165, 1.54) is 4.90 Å². The highest BCUT2D eigenvalue weighted by molar-refractivity contribution is 6.46. The maximum Gasteiger partial charge on any atom is 0.295 e. The SMILES string of the molecule is Cc1ccccc1COc1ccc(/C(O)=C2\C(=O)C(=O)N(Cc3cccnc3)C2c2cccc(Cl)c2)cc1. The summed E-state index contributed by atoms with van der Waals surface area (Å²) in [7, 11) is 0. The molecule has 38 heavy (non-hydrogen) atoms. The van der Waals surface area contributed by atoms with Gasteiger partial charge in [-0.25, -0.2) is 0 Å². The van der Waals surface area contributed by atoms with E-state index >= 15 is 0 Å². The lowest BCUT2D eigenvalue weighted by molar-refractivity contribution is -0.140. The molecule has 0 saturated carbocycles. The fourth-order valence-electron chi connectivity index (χ4n) is 4.55. The number of rotatable bonds is 7. The largest absolute Gasteiger partial charge is 0.507 e. The third-order valence-electron chi connectivity index (χ3n) is 6.56. The minimum absolute atomic E-state index is 0.00901. The number of aliphatic hydroxyl groups excluding tert-OH is 1. The molecule has 0 radical (unpaired) electrons. The molecule has 7 heteroatoms. The van der Waals surface area contributed by atoms with Crippen LogP contribution in [0.25, 0.3) is 5.76 Å². The Labute approximate surface area is 225 Å². The predicted octanol–water partition coefficient (Wildman–Crippen LogP) is 6.24. The first kappa shape index (κ1) is 25.2. The van der Waals surface area contributed by atoms with Crippen LogP contribution in [-0.2, 0) is 22.7 Å². The topological polar surface area (TPSA) is 79.7 Å². The number of carbonyl (C=O) groups is 2. The predicted molar refractivity (Wildman–Crippen MR) is 145 cm³/mol. The number of aromatic nitrogens is 1. The highest BCUT2D eigenvalue weighted by Crippen LogP contribution is 2.41. The van der Waals surface area contributed by atoms with Gasteiger partial charge in [0, 0.05) is 29.5 Å². The third-order valence-corrected chi connectivity index (χ3v) is 6.80. The fraction of sp³-hybridized carbons (Fsp3) is 0.129. The molecule has 4 aromatic rings. The number of ether oxygens (including phenoxy) is 1. The van der Waals surface area contributed by atoms with Crippen LogP contribution < -0.4 is 4.74 Å². The first-order chi connectivity index (χ1) is 18.4. The molecule has 5 rings (SSSR count). The number of ketones is 1.